The number of aliphatic hydroxyl groups is 1. The fraction of sp³-hybridized carbons (Fsp3) is 0.538. The fourth-order valence-electron chi connectivity index (χ4n) is 2.40. The molecule has 6 heteroatoms. The highest BCUT2D eigenvalue weighted by Gasteiger charge is 2.22. The molecule has 0 aromatic heterocycles. The smallest absolute Gasteiger partial charge is 0.159 e. The summed E-state index contributed by atoms with van der Waals surface area (Å²) in [5.74, 6) is -1.66. The third-order valence-corrected chi connectivity index (χ3v) is 3.32. The van der Waals surface area contributed by atoms with E-state index in [9.17, 15) is 8.78 Å². The lowest BCUT2D eigenvalue weighted by Crippen LogP contribution is -2.45. The van der Waals surface area contributed by atoms with E-state index >= 15 is 0 Å². The Balaban J connectivity index is 0.00000180. The van der Waals surface area contributed by atoms with Gasteiger partial charge in [0.2, 0.25) is 0 Å². The Morgan fingerprint density at radius 1 is 1.21 bits per heavy atom. The Hall–Kier alpha value is -0.750. The van der Waals surface area contributed by atoms with Crippen LogP contribution < -0.4 is 5.32 Å². The van der Waals surface area contributed by atoms with Crippen molar-refractivity contribution in [1.82, 2.24) is 10.2 Å². The van der Waals surface area contributed by atoms with E-state index in [0.29, 0.717) is 6.42 Å². The van der Waals surface area contributed by atoms with Crippen LogP contribution in [-0.2, 0) is 0 Å². The quantitative estimate of drug-likeness (QED) is 0.887. The minimum atomic E-state index is -0.832. The van der Waals surface area contributed by atoms with Crippen LogP contribution in [0, 0.1) is 11.6 Å². The van der Waals surface area contributed by atoms with Crippen LogP contribution in [-0.4, -0.2) is 42.8 Å². The van der Waals surface area contributed by atoms with Crippen LogP contribution in [0.2, 0.25) is 0 Å². The second-order valence-electron chi connectivity index (χ2n) is 4.49. The van der Waals surface area contributed by atoms with E-state index in [1.165, 1.54) is 6.07 Å². The number of piperazine rings is 1. The summed E-state index contributed by atoms with van der Waals surface area (Å²) >= 11 is 0. The molecule has 1 saturated heterocycles. The van der Waals surface area contributed by atoms with Crippen molar-refractivity contribution < 1.29 is 13.9 Å². The average Bonchev–Trinajstić information content (AvgIpc) is 2.40. The third-order valence-electron chi connectivity index (χ3n) is 3.32. The molecule has 0 bridgehead atoms. The zero-order valence-corrected chi connectivity index (χ0v) is 11.4. The van der Waals surface area contributed by atoms with Gasteiger partial charge < -0.3 is 10.4 Å². The van der Waals surface area contributed by atoms with Crippen LogP contribution in [0.3, 0.4) is 0 Å². The third kappa shape index (κ3) is 4.11. The molecule has 1 fully saturated rings. The highest BCUT2D eigenvalue weighted by molar-refractivity contribution is 5.85. The molecule has 1 aliphatic heterocycles. The molecule has 1 aliphatic rings. The number of benzene rings is 1. The number of nitrogens with one attached hydrogen (secondary N) is 1. The first-order valence-corrected chi connectivity index (χ1v) is 6.23. The monoisotopic (exact) mass is 292 g/mol. The summed E-state index contributed by atoms with van der Waals surface area (Å²) in [7, 11) is 0. The molecule has 3 nitrogen and oxygen atoms in total. The van der Waals surface area contributed by atoms with Crippen molar-refractivity contribution in [2.45, 2.75) is 12.5 Å². The van der Waals surface area contributed by atoms with Gasteiger partial charge in [0.15, 0.2) is 11.6 Å². The summed E-state index contributed by atoms with van der Waals surface area (Å²) in [5, 5.41) is 12.4. The van der Waals surface area contributed by atoms with Gasteiger partial charge in [-0.1, -0.05) is 6.07 Å². The van der Waals surface area contributed by atoms with Crippen LogP contribution in [0.4, 0.5) is 8.78 Å². The van der Waals surface area contributed by atoms with Gasteiger partial charge >= 0.3 is 0 Å². The van der Waals surface area contributed by atoms with Gasteiger partial charge in [-0.15, -0.1) is 12.4 Å². The summed E-state index contributed by atoms with van der Waals surface area (Å²) in [4.78, 5) is 2.19. The zero-order valence-electron chi connectivity index (χ0n) is 10.6. The number of nitrogens with zero attached hydrogens (tertiary/aromatic N) is 1. The molecule has 0 unspecified atom stereocenters. The Bertz CT molecular complexity index is 400. The van der Waals surface area contributed by atoms with Crippen molar-refractivity contribution in [1.29, 1.82) is 0 Å². The first-order chi connectivity index (χ1) is 8.72. The van der Waals surface area contributed by atoms with E-state index in [-0.39, 0.29) is 25.1 Å². The van der Waals surface area contributed by atoms with Crippen LogP contribution >= 0.6 is 12.4 Å². The second kappa shape index (κ2) is 7.75. The molecule has 1 aromatic carbocycles. The van der Waals surface area contributed by atoms with Crippen molar-refractivity contribution in [3.8, 4) is 0 Å². The molecule has 1 heterocycles. The number of halogens is 3. The zero-order chi connectivity index (χ0) is 13.0. The molecule has 1 atom stereocenters. The van der Waals surface area contributed by atoms with E-state index in [4.69, 9.17) is 5.11 Å². The highest BCUT2D eigenvalue weighted by Crippen LogP contribution is 2.25. The number of aliphatic hydroxyl groups excluding tert-OH is 1. The van der Waals surface area contributed by atoms with E-state index in [2.05, 4.69) is 10.2 Å². The maximum atomic E-state index is 13.3. The van der Waals surface area contributed by atoms with Crippen LogP contribution in [0.5, 0.6) is 0 Å². The maximum absolute atomic E-state index is 13.3. The van der Waals surface area contributed by atoms with Crippen LogP contribution in [0.25, 0.3) is 0 Å². The van der Waals surface area contributed by atoms with Crippen molar-refractivity contribution in [3.63, 3.8) is 0 Å². The Labute approximate surface area is 118 Å². The SMILES string of the molecule is Cl.OCC[C@H](c1ccc(F)c(F)c1)N1CCNCC1. The standard InChI is InChI=1S/C13H18F2N2O.ClH/c14-11-2-1-10(9-12(11)15)13(3-8-18)17-6-4-16-5-7-17;/h1-2,9,13,16,18H,3-8H2;1H/t13-;/m1./s1. The van der Waals surface area contributed by atoms with Crippen molar-refractivity contribution >= 4 is 12.4 Å². The van der Waals surface area contributed by atoms with Gasteiger partial charge in [-0.2, -0.15) is 0 Å². The molecule has 19 heavy (non-hydrogen) atoms. The van der Waals surface area contributed by atoms with E-state index in [1.807, 2.05) is 0 Å². The summed E-state index contributed by atoms with van der Waals surface area (Å²) in [6.07, 6.45) is 0.533. The van der Waals surface area contributed by atoms with Gasteiger partial charge in [-0.3, -0.25) is 4.90 Å². The van der Waals surface area contributed by atoms with Crippen molar-refractivity contribution in [2.24, 2.45) is 0 Å². The van der Waals surface area contributed by atoms with Gasteiger partial charge in [0.25, 0.3) is 0 Å². The second-order valence-corrected chi connectivity index (χ2v) is 4.49. The number of rotatable bonds is 4. The van der Waals surface area contributed by atoms with Gasteiger partial charge in [0, 0.05) is 38.8 Å². The van der Waals surface area contributed by atoms with Gasteiger partial charge in [-0.05, 0) is 24.1 Å². The van der Waals surface area contributed by atoms with Crippen molar-refractivity contribution in [3.05, 3.63) is 35.4 Å². The molecular weight excluding hydrogens is 274 g/mol. The molecule has 1 aromatic rings. The maximum Gasteiger partial charge on any atom is 0.159 e. The van der Waals surface area contributed by atoms with Crippen LogP contribution in [0.15, 0.2) is 18.2 Å². The number of hydrogen-bond donors (Lipinski definition) is 2. The summed E-state index contributed by atoms with van der Waals surface area (Å²) < 4.78 is 26.2. The molecule has 0 saturated carbocycles. The predicted octanol–water partition coefficient (Wildman–Crippen LogP) is 1.72. The topological polar surface area (TPSA) is 35.5 Å². The number of hydrogen-bond acceptors (Lipinski definition) is 3. The highest BCUT2D eigenvalue weighted by atomic mass is 35.5. The first kappa shape index (κ1) is 16.3. The molecule has 108 valence electrons. The summed E-state index contributed by atoms with van der Waals surface area (Å²) in [6, 6.07) is 3.93. The first-order valence-electron chi connectivity index (χ1n) is 6.23. The molecule has 2 N–H and O–H groups in total. The molecular formula is C13H19ClF2N2O. The van der Waals surface area contributed by atoms with Gasteiger partial charge in [0.05, 0.1) is 0 Å². The largest absolute Gasteiger partial charge is 0.396 e. The van der Waals surface area contributed by atoms with E-state index in [1.54, 1.807) is 6.07 Å². The fourth-order valence-corrected chi connectivity index (χ4v) is 2.40. The summed E-state index contributed by atoms with van der Waals surface area (Å²) in [5.41, 5.74) is 0.727. The molecule has 2 rings (SSSR count). The molecule has 0 spiro atoms. The molecule has 0 aliphatic carbocycles. The Kier molecular flexibility index (Phi) is 6.65. The van der Waals surface area contributed by atoms with E-state index < -0.39 is 11.6 Å². The van der Waals surface area contributed by atoms with Gasteiger partial charge in [-0.25, -0.2) is 8.78 Å². The van der Waals surface area contributed by atoms with Crippen LogP contribution in [0.1, 0.15) is 18.0 Å². The van der Waals surface area contributed by atoms with E-state index in [0.717, 1.165) is 37.8 Å². The molecule has 0 radical (unpaired) electrons. The molecule has 0 amide bonds. The van der Waals surface area contributed by atoms with Gasteiger partial charge in [0.1, 0.15) is 0 Å². The minimum Gasteiger partial charge on any atom is -0.396 e. The normalized spacial score (nSPS) is 17.8. The summed E-state index contributed by atoms with van der Waals surface area (Å²) in [6.45, 7) is 3.50. The van der Waals surface area contributed by atoms with Crippen molar-refractivity contribution in [2.75, 3.05) is 32.8 Å². The lowest BCUT2D eigenvalue weighted by molar-refractivity contribution is 0.141. The lowest BCUT2D eigenvalue weighted by atomic mass is 10.0. The predicted molar refractivity (Wildman–Crippen MR) is 72.5 cm³/mol. The average molecular weight is 293 g/mol. The Morgan fingerprint density at radius 2 is 1.89 bits per heavy atom. The minimum absolute atomic E-state index is 0. The lowest BCUT2D eigenvalue weighted by Gasteiger charge is -2.35. The Morgan fingerprint density at radius 3 is 2.47 bits per heavy atom.